The number of nitrogens with one attached hydrogen (secondary N) is 1. The molecule has 0 radical (unpaired) electrons. The molecule has 1 aromatic carbocycles. The molecule has 0 atom stereocenters. The first kappa shape index (κ1) is 15.7. The van der Waals surface area contributed by atoms with Crippen LogP contribution in [0.25, 0.3) is 0 Å². The summed E-state index contributed by atoms with van der Waals surface area (Å²) in [6.45, 7) is 2.00. The zero-order valence-electron chi connectivity index (χ0n) is 11.5. The quantitative estimate of drug-likeness (QED) is 0.686. The van der Waals surface area contributed by atoms with Crippen molar-refractivity contribution in [2.45, 2.75) is 19.6 Å². The highest BCUT2D eigenvalue weighted by Crippen LogP contribution is 2.35. The van der Waals surface area contributed by atoms with Gasteiger partial charge < -0.3 is 5.32 Å². The van der Waals surface area contributed by atoms with Crippen molar-refractivity contribution in [1.82, 2.24) is 4.98 Å². The van der Waals surface area contributed by atoms with Crippen LogP contribution in [0.3, 0.4) is 0 Å². The topological polar surface area (TPSA) is 68.1 Å². The molecular weight excluding hydrogens is 299 g/mol. The Labute approximate surface area is 124 Å². The lowest BCUT2D eigenvalue weighted by Crippen LogP contribution is -2.09. The van der Waals surface area contributed by atoms with Crippen LogP contribution in [0.2, 0.25) is 0 Å². The molecule has 0 aliphatic rings. The Balaban J connectivity index is 2.27. The van der Waals surface area contributed by atoms with Gasteiger partial charge in [-0.2, -0.15) is 13.2 Å². The third kappa shape index (κ3) is 3.51. The first-order chi connectivity index (χ1) is 10.3. The van der Waals surface area contributed by atoms with Gasteiger partial charge in [0, 0.05) is 12.3 Å². The first-order valence-corrected chi connectivity index (χ1v) is 6.29. The minimum absolute atomic E-state index is 0.0167. The number of alkyl halides is 3. The fourth-order valence-electron chi connectivity index (χ4n) is 1.89. The van der Waals surface area contributed by atoms with E-state index in [1.807, 2.05) is 13.0 Å². The summed E-state index contributed by atoms with van der Waals surface area (Å²) in [4.78, 5) is 14.2. The molecule has 0 saturated carbocycles. The van der Waals surface area contributed by atoms with E-state index in [0.29, 0.717) is 11.8 Å². The standard InChI is InChI=1S/C14H12F3N3O2/c1-9-3-2-6-18-12(9)8-19-11-5-4-10(14(15,16)17)7-13(11)20(21)22/h2-7,19H,8H2,1H3. The van der Waals surface area contributed by atoms with Gasteiger partial charge in [0.15, 0.2) is 0 Å². The highest BCUT2D eigenvalue weighted by atomic mass is 19.4. The lowest BCUT2D eigenvalue weighted by Gasteiger charge is -2.11. The van der Waals surface area contributed by atoms with Crippen molar-refractivity contribution < 1.29 is 18.1 Å². The van der Waals surface area contributed by atoms with Gasteiger partial charge in [-0.05, 0) is 30.7 Å². The van der Waals surface area contributed by atoms with E-state index in [2.05, 4.69) is 10.3 Å². The normalized spacial score (nSPS) is 11.3. The fraction of sp³-hybridized carbons (Fsp3) is 0.214. The van der Waals surface area contributed by atoms with Crippen LogP contribution in [0.1, 0.15) is 16.8 Å². The summed E-state index contributed by atoms with van der Waals surface area (Å²) in [5.41, 5.74) is -0.119. The number of aryl methyl sites for hydroxylation is 1. The Morgan fingerprint density at radius 1 is 1.32 bits per heavy atom. The second-order valence-corrected chi connectivity index (χ2v) is 4.61. The Bertz CT molecular complexity index is 702. The number of rotatable bonds is 4. The van der Waals surface area contributed by atoms with Gasteiger partial charge in [-0.25, -0.2) is 0 Å². The summed E-state index contributed by atoms with van der Waals surface area (Å²) in [7, 11) is 0. The zero-order valence-corrected chi connectivity index (χ0v) is 11.5. The van der Waals surface area contributed by atoms with Crippen LogP contribution in [-0.4, -0.2) is 9.91 Å². The molecule has 0 aliphatic heterocycles. The molecule has 1 aromatic heterocycles. The molecule has 0 aliphatic carbocycles. The smallest absolute Gasteiger partial charge is 0.374 e. The molecule has 116 valence electrons. The molecule has 2 aromatic rings. The number of benzene rings is 1. The predicted octanol–water partition coefficient (Wildman–Crippen LogP) is 3.93. The molecule has 0 saturated heterocycles. The summed E-state index contributed by atoms with van der Waals surface area (Å²) in [6, 6.07) is 5.96. The number of hydrogen-bond donors (Lipinski definition) is 1. The maximum absolute atomic E-state index is 12.6. The number of halogens is 3. The summed E-state index contributed by atoms with van der Waals surface area (Å²) in [6.07, 6.45) is -3.05. The summed E-state index contributed by atoms with van der Waals surface area (Å²) in [5, 5.41) is 13.7. The molecule has 1 heterocycles. The van der Waals surface area contributed by atoms with E-state index in [-0.39, 0.29) is 12.2 Å². The van der Waals surface area contributed by atoms with Gasteiger partial charge in [0.2, 0.25) is 0 Å². The molecule has 0 unspecified atom stereocenters. The van der Waals surface area contributed by atoms with E-state index in [1.54, 1.807) is 12.3 Å². The van der Waals surface area contributed by atoms with Crippen molar-refractivity contribution in [1.29, 1.82) is 0 Å². The van der Waals surface area contributed by atoms with E-state index >= 15 is 0 Å². The Morgan fingerprint density at radius 3 is 2.64 bits per heavy atom. The van der Waals surface area contributed by atoms with Crippen LogP contribution < -0.4 is 5.32 Å². The van der Waals surface area contributed by atoms with Gasteiger partial charge in [-0.15, -0.1) is 0 Å². The van der Waals surface area contributed by atoms with Gasteiger partial charge in [-0.1, -0.05) is 6.07 Å². The van der Waals surface area contributed by atoms with Crippen molar-refractivity contribution in [3.63, 3.8) is 0 Å². The average molecular weight is 311 g/mol. The second kappa shape index (κ2) is 6.00. The second-order valence-electron chi connectivity index (χ2n) is 4.61. The number of pyridine rings is 1. The average Bonchev–Trinajstić information content (AvgIpc) is 2.45. The maximum atomic E-state index is 12.6. The molecule has 0 fully saturated rings. The Kier molecular flexibility index (Phi) is 4.30. The van der Waals surface area contributed by atoms with Gasteiger partial charge >= 0.3 is 6.18 Å². The van der Waals surface area contributed by atoms with Crippen molar-refractivity contribution >= 4 is 11.4 Å². The minimum Gasteiger partial charge on any atom is -0.374 e. The lowest BCUT2D eigenvalue weighted by atomic mass is 10.1. The Hall–Kier alpha value is -2.64. The van der Waals surface area contributed by atoms with Crippen LogP contribution in [0.15, 0.2) is 36.5 Å². The molecule has 5 nitrogen and oxygen atoms in total. The molecule has 8 heteroatoms. The summed E-state index contributed by atoms with van der Waals surface area (Å²) < 4.78 is 37.8. The summed E-state index contributed by atoms with van der Waals surface area (Å²) >= 11 is 0. The molecule has 0 bridgehead atoms. The van der Waals surface area contributed by atoms with E-state index in [4.69, 9.17) is 0 Å². The molecule has 1 N–H and O–H groups in total. The molecule has 0 spiro atoms. The maximum Gasteiger partial charge on any atom is 0.416 e. The van der Waals surface area contributed by atoms with E-state index < -0.39 is 22.4 Å². The molecular formula is C14H12F3N3O2. The largest absolute Gasteiger partial charge is 0.416 e. The van der Waals surface area contributed by atoms with Crippen molar-refractivity contribution in [3.8, 4) is 0 Å². The minimum atomic E-state index is -4.62. The van der Waals surface area contributed by atoms with Gasteiger partial charge in [-0.3, -0.25) is 15.1 Å². The number of nitro groups is 1. The van der Waals surface area contributed by atoms with Crippen LogP contribution >= 0.6 is 0 Å². The number of aromatic nitrogens is 1. The SMILES string of the molecule is Cc1cccnc1CNc1ccc(C(F)(F)F)cc1[N+](=O)[O-]. The van der Waals surface area contributed by atoms with Crippen molar-refractivity contribution in [3.05, 3.63) is 63.5 Å². The van der Waals surface area contributed by atoms with Gasteiger partial charge in [0.25, 0.3) is 5.69 Å². The van der Waals surface area contributed by atoms with Crippen LogP contribution in [0.5, 0.6) is 0 Å². The third-order valence-corrected chi connectivity index (χ3v) is 3.09. The van der Waals surface area contributed by atoms with Crippen molar-refractivity contribution in [2.75, 3.05) is 5.32 Å². The lowest BCUT2D eigenvalue weighted by molar-refractivity contribution is -0.384. The molecule has 0 amide bonds. The van der Waals surface area contributed by atoms with Gasteiger partial charge in [0.05, 0.1) is 22.7 Å². The number of hydrogen-bond acceptors (Lipinski definition) is 4. The van der Waals surface area contributed by atoms with E-state index in [1.165, 1.54) is 0 Å². The summed E-state index contributed by atoms with van der Waals surface area (Å²) in [5.74, 6) is 0. The predicted molar refractivity (Wildman–Crippen MR) is 74.4 cm³/mol. The first-order valence-electron chi connectivity index (χ1n) is 6.29. The van der Waals surface area contributed by atoms with E-state index in [9.17, 15) is 23.3 Å². The monoisotopic (exact) mass is 311 g/mol. The highest BCUT2D eigenvalue weighted by Gasteiger charge is 2.33. The number of nitro benzene ring substituents is 1. The van der Waals surface area contributed by atoms with Crippen LogP contribution in [0.4, 0.5) is 24.5 Å². The van der Waals surface area contributed by atoms with Crippen LogP contribution in [0, 0.1) is 17.0 Å². The fourth-order valence-corrected chi connectivity index (χ4v) is 1.89. The van der Waals surface area contributed by atoms with Crippen LogP contribution in [-0.2, 0) is 12.7 Å². The van der Waals surface area contributed by atoms with E-state index in [0.717, 1.165) is 17.7 Å². The highest BCUT2D eigenvalue weighted by molar-refractivity contribution is 5.63. The molecule has 22 heavy (non-hydrogen) atoms. The third-order valence-electron chi connectivity index (χ3n) is 3.09. The van der Waals surface area contributed by atoms with Gasteiger partial charge in [0.1, 0.15) is 5.69 Å². The Morgan fingerprint density at radius 2 is 2.05 bits per heavy atom. The number of anilines is 1. The zero-order chi connectivity index (χ0) is 16.3. The molecule has 2 rings (SSSR count). The van der Waals surface area contributed by atoms with Crippen molar-refractivity contribution in [2.24, 2.45) is 0 Å². The number of nitrogens with zero attached hydrogens (tertiary/aromatic N) is 2.